The topological polar surface area (TPSA) is 54.9 Å². The Bertz CT molecular complexity index is 568. The predicted molar refractivity (Wildman–Crippen MR) is 79.5 cm³/mol. The van der Waals surface area contributed by atoms with E-state index in [1.165, 1.54) is 0 Å². The molecule has 6 heteroatoms. The van der Waals surface area contributed by atoms with Gasteiger partial charge in [-0.05, 0) is 35.0 Å². The number of halogens is 1. The van der Waals surface area contributed by atoms with Crippen molar-refractivity contribution in [2.24, 2.45) is 0 Å². The number of carbonyl (C=O) groups is 1. The van der Waals surface area contributed by atoms with E-state index >= 15 is 0 Å². The van der Waals surface area contributed by atoms with Gasteiger partial charge in [0.25, 0.3) is 5.91 Å². The monoisotopic (exact) mass is 339 g/mol. The van der Waals surface area contributed by atoms with Gasteiger partial charge in [0.05, 0.1) is 5.01 Å². The van der Waals surface area contributed by atoms with E-state index in [9.17, 15) is 4.79 Å². The summed E-state index contributed by atoms with van der Waals surface area (Å²) in [6, 6.07) is 3.49. The molecule has 4 nitrogen and oxygen atoms in total. The van der Waals surface area contributed by atoms with Crippen LogP contribution in [0.3, 0.4) is 0 Å². The van der Waals surface area contributed by atoms with Crippen LogP contribution in [-0.4, -0.2) is 22.4 Å². The molecule has 100 valence electrons. The van der Waals surface area contributed by atoms with E-state index in [0.29, 0.717) is 12.2 Å². The fourth-order valence-corrected chi connectivity index (χ4v) is 2.62. The lowest BCUT2D eigenvalue weighted by Crippen LogP contribution is -2.28. The van der Waals surface area contributed by atoms with Gasteiger partial charge < -0.3 is 5.32 Å². The maximum atomic E-state index is 11.9. The molecule has 19 heavy (non-hydrogen) atoms. The van der Waals surface area contributed by atoms with Crippen LogP contribution in [0.15, 0.2) is 28.2 Å². The van der Waals surface area contributed by atoms with Crippen molar-refractivity contribution in [1.82, 2.24) is 15.3 Å². The first-order valence-corrected chi connectivity index (χ1v) is 7.55. The zero-order valence-corrected chi connectivity index (χ0v) is 13.1. The van der Waals surface area contributed by atoms with Gasteiger partial charge in [-0.1, -0.05) is 6.92 Å². The van der Waals surface area contributed by atoms with E-state index in [2.05, 4.69) is 31.2 Å². The molecule has 0 spiro atoms. The third kappa shape index (κ3) is 3.84. The number of aryl methyl sites for hydroxylation is 1. The quantitative estimate of drug-likeness (QED) is 0.930. The summed E-state index contributed by atoms with van der Waals surface area (Å²) >= 11 is 4.91. The summed E-state index contributed by atoms with van der Waals surface area (Å²) in [5.74, 6) is 0.0470. The SMILES string of the molecule is Cc1csc([C@H](C)CNC(=O)c2ccc(Br)cn2)n1. The molecule has 2 aromatic heterocycles. The van der Waals surface area contributed by atoms with Crippen molar-refractivity contribution in [3.63, 3.8) is 0 Å². The van der Waals surface area contributed by atoms with Crippen LogP contribution < -0.4 is 5.32 Å². The molecule has 2 rings (SSSR count). The molecule has 2 aromatic rings. The Balaban J connectivity index is 1.91. The predicted octanol–water partition coefficient (Wildman–Crippen LogP) is 3.14. The van der Waals surface area contributed by atoms with Gasteiger partial charge >= 0.3 is 0 Å². The first-order chi connectivity index (χ1) is 9.06. The molecule has 0 saturated heterocycles. The van der Waals surface area contributed by atoms with Crippen LogP contribution in [0.5, 0.6) is 0 Å². The number of aromatic nitrogens is 2. The summed E-state index contributed by atoms with van der Waals surface area (Å²) in [5, 5.41) is 5.94. The first-order valence-electron chi connectivity index (χ1n) is 5.88. The van der Waals surface area contributed by atoms with Crippen molar-refractivity contribution < 1.29 is 4.79 Å². The first kappa shape index (κ1) is 14.1. The Morgan fingerprint density at radius 3 is 2.89 bits per heavy atom. The molecule has 0 aliphatic rings. The number of amides is 1. The molecule has 0 radical (unpaired) electrons. The van der Waals surface area contributed by atoms with Crippen LogP contribution in [-0.2, 0) is 0 Å². The normalized spacial score (nSPS) is 12.2. The number of carbonyl (C=O) groups excluding carboxylic acids is 1. The molecule has 0 saturated carbocycles. The lowest BCUT2D eigenvalue weighted by atomic mass is 10.2. The lowest BCUT2D eigenvalue weighted by Gasteiger charge is -2.09. The van der Waals surface area contributed by atoms with Gasteiger partial charge in [-0.2, -0.15) is 0 Å². The molecule has 1 atom stereocenters. The highest BCUT2D eigenvalue weighted by molar-refractivity contribution is 9.10. The lowest BCUT2D eigenvalue weighted by molar-refractivity contribution is 0.0946. The minimum atomic E-state index is -0.160. The number of rotatable bonds is 4. The van der Waals surface area contributed by atoms with Crippen LogP contribution in [0.25, 0.3) is 0 Å². The second-order valence-corrected chi connectivity index (χ2v) is 6.11. The zero-order valence-electron chi connectivity index (χ0n) is 10.7. The van der Waals surface area contributed by atoms with E-state index in [1.807, 2.05) is 19.2 Å². The number of hydrogen-bond acceptors (Lipinski definition) is 4. The minimum Gasteiger partial charge on any atom is -0.350 e. The Morgan fingerprint density at radius 2 is 2.32 bits per heavy atom. The molecule has 0 unspecified atom stereocenters. The molecule has 0 aliphatic heterocycles. The summed E-state index contributed by atoms with van der Waals surface area (Å²) in [7, 11) is 0. The van der Waals surface area contributed by atoms with E-state index in [0.717, 1.165) is 15.2 Å². The molecule has 0 fully saturated rings. The van der Waals surface area contributed by atoms with E-state index in [-0.39, 0.29) is 11.8 Å². The number of thiazole rings is 1. The molecular formula is C13H14BrN3OS. The van der Waals surface area contributed by atoms with Crippen LogP contribution in [0.1, 0.15) is 34.0 Å². The van der Waals surface area contributed by atoms with Crippen LogP contribution >= 0.6 is 27.3 Å². The summed E-state index contributed by atoms with van der Waals surface area (Å²) in [4.78, 5) is 20.4. The van der Waals surface area contributed by atoms with Crippen LogP contribution in [0.2, 0.25) is 0 Å². The third-order valence-corrected chi connectivity index (χ3v) is 4.25. The fraction of sp³-hybridized carbons (Fsp3) is 0.308. The zero-order chi connectivity index (χ0) is 13.8. The van der Waals surface area contributed by atoms with Gasteiger partial charge in [-0.15, -0.1) is 11.3 Å². The summed E-state index contributed by atoms with van der Waals surface area (Å²) in [5.41, 5.74) is 1.44. The molecule has 0 bridgehead atoms. The Hall–Kier alpha value is -1.27. The van der Waals surface area contributed by atoms with Gasteiger partial charge in [0.2, 0.25) is 0 Å². The van der Waals surface area contributed by atoms with E-state index in [1.54, 1.807) is 29.7 Å². The van der Waals surface area contributed by atoms with Crippen molar-refractivity contribution in [1.29, 1.82) is 0 Å². The third-order valence-electron chi connectivity index (χ3n) is 2.59. The summed E-state index contributed by atoms with van der Waals surface area (Å²) in [6.07, 6.45) is 1.61. The van der Waals surface area contributed by atoms with Gasteiger partial charge in [-0.3, -0.25) is 4.79 Å². The highest BCUT2D eigenvalue weighted by Gasteiger charge is 2.12. The fourth-order valence-electron chi connectivity index (χ4n) is 1.53. The minimum absolute atomic E-state index is 0.160. The molecule has 0 aliphatic carbocycles. The maximum Gasteiger partial charge on any atom is 0.269 e. The molecule has 0 aromatic carbocycles. The standard InChI is InChI=1S/C13H14BrN3OS/c1-8(13-17-9(2)7-19-13)5-16-12(18)11-4-3-10(14)6-15-11/h3-4,6-8H,5H2,1-2H3,(H,16,18)/t8-/m1/s1. The number of nitrogens with zero attached hydrogens (tertiary/aromatic N) is 2. The van der Waals surface area contributed by atoms with E-state index < -0.39 is 0 Å². The van der Waals surface area contributed by atoms with E-state index in [4.69, 9.17) is 0 Å². The van der Waals surface area contributed by atoms with Crippen molar-refractivity contribution in [2.75, 3.05) is 6.54 Å². The number of hydrogen-bond donors (Lipinski definition) is 1. The summed E-state index contributed by atoms with van der Waals surface area (Å²) < 4.78 is 0.857. The Morgan fingerprint density at radius 1 is 1.53 bits per heavy atom. The highest BCUT2D eigenvalue weighted by Crippen LogP contribution is 2.18. The summed E-state index contributed by atoms with van der Waals surface area (Å²) in [6.45, 7) is 4.58. The highest BCUT2D eigenvalue weighted by atomic mass is 79.9. The average molecular weight is 340 g/mol. The van der Waals surface area contributed by atoms with Gasteiger partial charge in [-0.25, -0.2) is 9.97 Å². The number of nitrogens with one attached hydrogen (secondary N) is 1. The average Bonchev–Trinajstić information content (AvgIpc) is 2.83. The van der Waals surface area contributed by atoms with Crippen molar-refractivity contribution in [2.45, 2.75) is 19.8 Å². The molecular weight excluding hydrogens is 326 g/mol. The van der Waals surface area contributed by atoms with Crippen LogP contribution in [0, 0.1) is 6.92 Å². The van der Waals surface area contributed by atoms with Crippen molar-refractivity contribution >= 4 is 33.2 Å². The van der Waals surface area contributed by atoms with Gasteiger partial charge in [0.1, 0.15) is 5.69 Å². The van der Waals surface area contributed by atoms with Gasteiger partial charge in [0.15, 0.2) is 0 Å². The Labute approximate surface area is 124 Å². The second kappa shape index (κ2) is 6.25. The molecule has 2 heterocycles. The van der Waals surface area contributed by atoms with Gasteiger partial charge in [0, 0.05) is 34.2 Å². The maximum absolute atomic E-state index is 11.9. The smallest absolute Gasteiger partial charge is 0.269 e. The Kier molecular flexibility index (Phi) is 4.66. The van der Waals surface area contributed by atoms with Crippen LogP contribution in [0.4, 0.5) is 0 Å². The van der Waals surface area contributed by atoms with Crippen molar-refractivity contribution in [3.8, 4) is 0 Å². The second-order valence-electron chi connectivity index (χ2n) is 4.30. The number of pyridine rings is 1. The largest absolute Gasteiger partial charge is 0.350 e. The molecule has 1 N–H and O–H groups in total. The van der Waals surface area contributed by atoms with Crippen molar-refractivity contribution in [3.05, 3.63) is 44.6 Å². The molecule has 1 amide bonds.